The van der Waals surface area contributed by atoms with Gasteiger partial charge >= 0.3 is 6.16 Å². The van der Waals surface area contributed by atoms with Crippen LogP contribution in [0.5, 0.6) is 0 Å². The van der Waals surface area contributed by atoms with E-state index < -0.39 is 6.16 Å². The van der Waals surface area contributed by atoms with E-state index >= 15 is 0 Å². The maximum Gasteiger partial charge on any atom is 0.513 e. The fraction of sp³-hybridized carbons (Fsp3) is 0.857. The summed E-state index contributed by atoms with van der Waals surface area (Å²) in [5.74, 6) is 0. The fourth-order valence-corrected chi connectivity index (χ4v) is 2.61. The monoisotopic (exact) mass is 340 g/mol. The van der Waals surface area contributed by atoms with Crippen molar-refractivity contribution >= 4 is 6.16 Å². The molecule has 0 aliphatic heterocycles. The molecule has 0 saturated carbocycles. The van der Waals surface area contributed by atoms with Gasteiger partial charge in [-0.2, -0.15) is 0 Å². The second-order valence-corrected chi connectivity index (χ2v) is 6.62. The fourth-order valence-electron chi connectivity index (χ4n) is 2.61. The Morgan fingerprint density at radius 3 is 1.75 bits per heavy atom. The van der Waals surface area contributed by atoms with E-state index in [0.717, 1.165) is 19.3 Å². The van der Waals surface area contributed by atoms with Crippen LogP contribution in [0.25, 0.3) is 0 Å². The van der Waals surface area contributed by atoms with Crippen molar-refractivity contribution in [2.24, 2.45) is 0 Å². The summed E-state index contributed by atoms with van der Waals surface area (Å²) in [5.41, 5.74) is 0. The van der Waals surface area contributed by atoms with Crippen molar-refractivity contribution in [3.63, 3.8) is 0 Å². The third-order valence-corrected chi connectivity index (χ3v) is 4.20. The van der Waals surface area contributed by atoms with E-state index in [1.54, 1.807) is 0 Å². The first-order valence-corrected chi connectivity index (χ1v) is 10.3. The Balaban J connectivity index is 3.16. The van der Waals surface area contributed by atoms with Crippen LogP contribution in [0, 0.1) is 0 Å². The maximum absolute atomic E-state index is 11.2. The Kier molecular flexibility index (Phi) is 19.2. The van der Waals surface area contributed by atoms with Crippen LogP contribution in [-0.2, 0) is 9.47 Å². The minimum absolute atomic E-state index is 0.446. The highest BCUT2D eigenvalue weighted by molar-refractivity contribution is 5.60. The average Bonchev–Trinajstić information content (AvgIpc) is 2.58. The molecular weight excluding hydrogens is 300 g/mol. The van der Waals surface area contributed by atoms with Crippen LogP contribution in [0.1, 0.15) is 110 Å². The number of unbranched alkanes of at least 4 members (excludes halogenated alkanes) is 13. The summed E-state index contributed by atoms with van der Waals surface area (Å²) in [7, 11) is 0. The molecule has 0 aromatic carbocycles. The third-order valence-electron chi connectivity index (χ3n) is 4.20. The summed E-state index contributed by atoms with van der Waals surface area (Å²) in [4.78, 5) is 11.2. The molecule has 24 heavy (non-hydrogen) atoms. The van der Waals surface area contributed by atoms with Gasteiger partial charge in [0.05, 0.1) is 12.9 Å². The molecule has 0 atom stereocenters. The molecule has 0 saturated heterocycles. The van der Waals surface area contributed by atoms with Gasteiger partial charge in [-0.05, 0) is 25.3 Å². The lowest BCUT2D eigenvalue weighted by molar-refractivity contribution is 0.0834. The Labute approximate surface area is 150 Å². The van der Waals surface area contributed by atoms with Crippen molar-refractivity contribution in [2.45, 2.75) is 110 Å². The van der Waals surface area contributed by atoms with Gasteiger partial charge in [0.15, 0.2) is 0 Å². The van der Waals surface area contributed by atoms with Crippen molar-refractivity contribution in [3.05, 3.63) is 12.3 Å². The molecular formula is C21H40O3. The highest BCUT2D eigenvalue weighted by Crippen LogP contribution is 2.12. The Bertz CT molecular complexity index is 287. The normalized spacial score (nSPS) is 11.1. The molecule has 0 rings (SSSR count). The number of carbonyl (C=O) groups is 1. The summed E-state index contributed by atoms with van der Waals surface area (Å²) in [6.07, 6.45) is 22.0. The Hall–Kier alpha value is -0.990. The summed E-state index contributed by atoms with van der Waals surface area (Å²) in [5, 5.41) is 0. The molecule has 3 nitrogen and oxygen atoms in total. The first kappa shape index (κ1) is 23.0. The molecule has 3 heteroatoms. The number of carbonyl (C=O) groups excluding carboxylic acids is 1. The zero-order valence-electron chi connectivity index (χ0n) is 16.2. The molecule has 0 N–H and O–H groups in total. The number of ether oxygens (including phenoxy) is 2. The van der Waals surface area contributed by atoms with Gasteiger partial charge in [-0.1, -0.05) is 90.9 Å². The zero-order chi connectivity index (χ0) is 17.7. The van der Waals surface area contributed by atoms with Crippen molar-refractivity contribution in [3.8, 4) is 0 Å². The summed E-state index contributed by atoms with van der Waals surface area (Å²) in [6.45, 7) is 4.77. The number of rotatable bonds is 17. The van der Waals surface area contributed by atoms with Gasteiger partial charge in [0.25, 0.3) is 0 Å². The van der Waals surface area contributed by atoms with E-state index in [0.29, 0.717) is 6.61 Å². The molecule has 0 fully saturated rings. The standard InChI is InChI=1S/C21H40O3/c1-3-5-7-8-9-10-11-12-13-14-15-16-17-18-20-24-21(22)23-19-6-4-2/h18,20H,3-17,19H2,1-2H3/b20-18+. The molecule has 0 bridgehead atoms. The lowest BCUT2D eigenvalue weighted by Crippen LogP contribution is -2.04. The quantitative estimate of drug-likeness (QED) is 0.156. The SMILES string of the molecule is CCCCCCCCCCCCCC/C=C/OC(=O)OCCCC. The predicted octanol–water partition coefficient (Wildman–Crippen LogP) is 7.54. The van der Waals surface area contributed by atoms with Crippen LogP contribution in [0.15, 0.2) is 12.3 Å². The third kappa shape index (κ3) is 19.1. The Morgan fingerprint density at radius 1 is 0.708 bits per heavy atom. The highest BCUT2D eigenvalue weighted by Gasteiger charge is 1.99. The number of hydrogen-bond donors (Lipinski definition) is 0. The minimum Gasteiger partial charge on any atom is -0.434 e. The second-order valence-electron chi connectivity index (χ2n) is 6.62. The molecule has 0 aliphatic carbocycles. The molecule has 0 radical (unpaired) electrons. The van der Waals surface area contributed by atoms with E-state index in [-0.39, 0.29) is 0 Å². The van der Waals surface area contributed by atoms with Crippen LogP contribution in [0.3, 0.4) is 0 Å². The van der Waals surface area contributed by atoms with Gasteiger partial charge in [-0.3, -0.25) is 0 Å². The van der Waals surface area contributed by atoms with Gasteiger partial charge in [-0.25, -0.2) is 4.79 Å². The second kappa shape index (κ2) is 20.1. The molecule has 0 heterocycles. The molecule has 0 unspecified atom stereocenters. The van der Waals surface area contributed by atoms with Crippen LogP contribution in [-0.4, -0.2) is 12.8 Å². The van der Waals surface area contributed by atoms with Crippen molar-refractivity contribution in [2.75, 3.05) is 6.61 Å². The summed E-state index contributed by atoms with van der Waals surface area (Å²) in [6, 6.07) is 0. The summed E-state index contributed by atoms with van der Waals surface area (Å²) >= 11 is 0. The van der Waals surface area contributed by atoms with E-state index in [4.69, 9.17) is 9.47 Å². The van der Waals surface area contributed by atoms with E-state index in [2.05, 4.69) is 13.8 Å². The highest BCUT2D eigenvalue weighted by atomic mass is 16.7. The van der Waals surface area contributed by atoms with Crippen LogP contribution in [0.4, 0.5) is 4.79 Å². The molecule has 142 valence electrons. The smallest absolute Gasteiger partial charge is 0.434 e. The predicted molar refractivity (Wildman–Crippen MR) is 102 cm³/mol. The Morgan fingerprint density at radius 2 is 1.21 bits per heavy atom. The summed E-state index contributed by atoms with van der Waals surface area (Å²) < 4.78 is 9.74. The van der Waals surface area contributed by atoms with Crippen molar-refractivity contribution in [1.29, 1.82) is 0 Å². The molecule has 0 aromatic rings. The van der Waals surface area contributed by atoms with E-state index in [1.807, 2.05) is 6.08 Å². The molecule has 0 spiro atoms. The first-order chi connectivity index (χ1) is 11.8. The van der Waals surface area contributed by atoms with Crippen LogP contribution < -0.4 is 0 Å². The first-order valence-electron chi connectivity index (χ1n) is 10.3. The van der Waals surface area contributed by atoms with Crippen LogP contribution >= 0.6 is 0 Å². The molecule has 0 amide bonds. The van der Waals surface area contributed by atoms with E-state index in [9.17, 15) is 4.79 Å². The van der Waals surface area contributed by atoms with E-state index in [1.165, 1.54) is 83.3 Å². The number of hydrogen-bond acceptors (Lipinski definition) is 3. The van der Waals surface area contributed by atoms with Crippen molar-refractivity contribution < 1.29 is 14.3 Å². The van der Waals surface area contributed by atoms with Gasteiger partial charge in [0.1, 0.15) is 0 Å². The topological polar surface area (TPSA) is 35.5 Å². The zero-order valence-corrected chi connectivity index (χ0v) is 16.2. The minimum atomic E-state index is -0.589. The molecule has 0 aromatic heterocycles. The van der Waals surface area contributed by atoms with Crippen molar-refractivity contribution in [1.82, 2.24) is 0 Å². The van der Waals surface area contributed by atoms with Gasteiger partial charge < -0.3 is 9.47 Å². The molecule has 0 aliphatic rings. The lowest BCUT2D eigenvalue weighted by Gasteiger charge is -2.02. The van der Waals surface area contributed by atoms with Gasteiger partial charge in [-0.15, -0.1) is 0 Å². The van der Waals surface area contributed by atoms with Gasteiger partial charge in [0.2, 0.25) is 0 Å². The average molecular weight is 341 g/mol. The van der Waals surface area contributed by atoms with Crippen LogP contribution in [0.2, 0.25) is 0 Å². The largest absolute Gasteiger partial charge is 0.513 e. The van der Waals surface area contributed by atoms with Gasteiger partial charge in [0, 0.05) is 0 Å². The number of allylic oxidation sites excluding steroid dienone is 1. The lowest BCUT2D eigenvalue weighted by atomic mass is 10.0. The maximum atomic E-state index is 11.2.